The van der Waals surface area contributed by atoms with Gasteiger partial charge in [0.05, 0.1) is 18.8 Å². The molecule has 0 unspecified atom stereocenters. The molecule has 0 bridgehead atoms. The lowest BCUT2D eigenvalue weighted by atomic mass is 10.2. The fourth-order valence-electron chi connectivity index (χ4n) is 2.26. The highest BCUT2D eigenvalue weighted by atomic mass is 35.5. The number of rotatable bonds is 4. The van der Waals surface area contributed by atoms with Crippen molar-refractivity contribution in [3.63, 3.8) is 0 Å². The molecule has 2 amide bonds. The van der Waals surface area contributed by atoms with Crippen molar-refractivity contribution in [2.75, 3.05) is 44.2 Å². The normalized spacial score (nSPS) is 13.7. The lowest BCUT2D eigenvalue weighted by molar-refractivity contribution is -0.132. The largest absolute Gasteiger partial charge is 0.366 e. The number of amides is 2. The van der Waals surface area contributed by atoms with E-state index in [0.29, 0.717) is 31.9 Å². The smallest absolute Gasteiger partial charge is 0.242 e. The van der Waals surface area contributed by atoms with E-state index in [2.05, 4.69) is 5.32 Å². The zero-order chi connectivity index (χ0) is 15.2. The van der Waals surface area contributed by atoms with Crippen LogP contribution in [0.5, 0.6) is 0 Å². The van der Waals surface area contributed by atoms with Crippen LogP contribution in [0.15, 0.2) is 24.3 Å². The van der Waals surface area contributed by atoms with Crippen LogP contribution in [0.1, 0.15) is 0 Å². The van der Waals surface area contributed by atoms with Gasteiger partial charge in [-0.05, 0) is 12.1 Å². The molecule has 0 aliphatic carbocycles. The first-order chi connectivity index (χ1) is 10.1. The molecule has 3 N–H and O–H groups in total. The van der Waals surface area contributed by atoms with Crippen molar-refractivity contribution in [3.8, 4) is 0 Å². The average molecular weight is 367 g/mol. The first-order valence-corrected chi connectivity index (χ1v) is 6.86. The van der Waals surface area contributed by atoms with Crippen LogP contribution < -0.4 is 16.0 Å². The van der Waals surface area contributed by atoms with E-state index < -0.39 is 0 Å². The van der Waals surface area contributed by atoms with E-state index >= 15 is 0 Å². The molecule has 0 spiro atoms. The maximum Gasteiger partial charge on any atom is 0.242 e. The van der Waals surface area contributed by atoms with Crippen molar-refractivity contribution >= 4 is 42.3 Å². The van der Waals surface area contributed by atoms with E-state index in [-0.39, 0.29) is 55.5 Å². The molecule has 1 aromatic rings. The Kier molecular flexibility index (Phi) is 9.55. The van der Waals surface area contributed by atoms with Crippen LogP contribution in [0.25, 0.3) is 0 Å². The van der Waals surface area contributed by atoms with Gasteiger partial charge in [0.2, 0.25) is 11.8 Å². The van der Waals surface area contributed by atoms with Crippen molar-refractivity contribution in [2.24, 2.45) is 5.73 Å². The third-order valence-corrected chi connectivity index (χ3v) is 3.45. The molecule has 130 valence electrons. The van der Waals surface area contributed by atoms with Gasteiger partial charge in [0, 0.05) is 26.2 Å². The minimum absolute atomic E-state index is 0. The molecule has 0 saturated carbocycles. The minimum Gasteiger partial charge on any atom is -0.366 e. The monoisotopic (exact) mass is 366 g/mol. The van der Waals surface area contributed by atoms with Gasteiger partial charge in [-0.15, -0.1) is 24.8 Å². The van der Waals surface area contributed by atoms with Crippen LogP contribution in [0, 0.1) is 5.82 Å². The Morgan fingerprint density at radius 2 is 1.74 bits per heavy atom. The average Bonchev–Trinajstić information content (AvgIpc) is 2.53. The molecule has 1 heterocycles. The number of carbonyl (C=O) groups excluding carboxylic acids is 2. The van der Waals surface area contributed by atoms with E-state index in [9.17, 15) is 14.0 Å². The van der Waals surface area contributed by atoms with Crippen molar-refractivity contribution in [3.05, 3.63) is 30.1 Å². The molecule has 0 radical (unpaired) electrons. The Labute approximate surface area is 147 Å². The van der Waals surface area contributed by atoms with Crippen LogP contribution in [0.3, 0.4) is 0 Å². The maximum atomic E-state index is 13.7. The van der Waals surface area contributed by atoms with Crippen LogP contribution in [0.2, 0.25) is 0 Å². The molecule has 1 aliphatic heterocycles. The summed E-state index contributed by atoms with van der Waals surface area (Å²) in [6, 6.07) is 6.60. The molecule has 23 heavy (non-hydrogen) atoms. The number of nitrogens with one attached hydrogen (secondary N) is 1. The van der Waals surface area contributed by atoms with Gasteiger partial charge in [-0.2, -0.15) is 0 Å². The fraction of sp³-hybridized carbons (Fsp3) is 0.429. The number of carbonyl (C=O) groups is 2. The Bertz CT molecular complexity index is 525. The molecule has 0 atom stereocenters. The lowest BCUT2D eigenvalue weighted by Gasteiger charge is -2.36. The lowest BCUT2D eigenvalue weighted by Crippen LogP contribution is -2.51. The molecular formula is C14H21Cl2FN4O2. The summed E-state index contributed by atoms with van der Waals surface area (Å²) in [7, 11) is 0. The molecule has 0 aromatic heterocycles. The predicted molar refractivity (Wildman–Crippen MR) is 91.8 cm³/mol. The van der Waals surface area contributed by atoms with Crippen molar-refractivity contribution in [1.82, 2.24) is 10.2 Å². The van der Waals surface area contributed by atoms with Crippen LogP contribution in [-0.4, -0.2) is 56.0 Å². The molecular weight excluding hydrogens is 346 g/mol. The Morgan fingerprint density at radius 1 is 1.13 bits per heavy atom. The highest BCUT2D eigenvalue weighted by Crippen LogP contribution is 2.19. The van der Waals surface area contributed by atoms with Crippen LogP contribution in [0.4, 0.5) is 10.1 Å². The summed E-state index contributed by atoms with van der Waals surface area (Å²) in [5.41, 5.74) is 5.71. The van der Waals surface area contributed by atoms with Gasteiger partial charge in [-0.25, -0.2) is 4.39 Å². The number of nitrogens with zero attached hydrogens (tertiary/aromatic N) is 2. The third kappa shape index (κ3) is 5.85. The molecule has 6 nitrogen and oxygen atoms in total. The number of hydrogen-bond acceptors (Lipinski definition) is 4. The van der Waals surface area contributed by atoms with Crippen molar-refractivity contribution in [2.45, 2.75) is 0 Å². The van der Waals surface area contributed by atoms with Crippen LogP contribution in [-0.2, 0) is 9.59 Å². The van der Waals surface area contributed by atoms with Gasteiger partial charge < -0.3 is 20.9 Å². The maximum absolute atomic E-state index is 13.7. The van der Waals surface area contributed by atoms with Gasteiger partial charge >= 0.3 is 0 Å². The number of para-hydroxylation sites is 1. The summed E-state index contributed by atoms with van der Waals surface area (Å²) in [4.78, 5) is 26.5. The fourth-order valence-corrected chi connectivity index (χ4v) is 2.26. The number of nitrogens with two attached hydrogens (primary N) is 1. The third-order valence-electron chi connectivity index (χ3n) is 3.45. The van der Waals surface area contributed by atoms with Crippen molar-refractivity contribution in [1.29, 1.82) is 0 Å². The second-order valence-electron chi connectivity index (χ2n) is 4.80. The summed E-state index contributed by atoms with van der Waals surface area (Å²) in [6.45, 7) is 1.97. The SMILES string of the molecule is Cl.Cl.NCC(=O)NCC(=O)N1CCN(c2ccccc2F)CC1. The molecule has 1 saturated heterocycles. The highest BCUT2D eigenvalue weighted by molar-refractivity contribution is 5.86. The summed E-state index contributed by atoms with van der Waals surface area (Å²) >= 11 is 0. The number of halogens is 3. The Hall–Kier alpha value is -1.57. The molecule has 9 heteroatoms. The minimum atomic E-state index is -0.353. The zero-order valence-electron chi connectivity index (χ0n) is 12.5. The summed E-state index contributed by atoms with van der Waals surface area (Å²) < 4.78 is 13.7. The zero-order valence-corrected chi connectivity index (χ0v) is 14.2. The number of anilines is 1. The topological polar surface area (TPSA) is 78.7 Å². The van der Waals surface area contributed by atoms with Crippen molar-refractivity contribution < 1.29 is 14.0 Å². The Balaban J connectivity index is 0.00000242. The standard InChI is InChI=1S/C14H19FN4O2.2ClH/c15-11-3-1-2-4-12(11)18-5-7-19(8-6-18)14(21)10-17-13(20)9-16;;/h1-4H,5-10,16H2,(H,17,20);2*1H. The second kappa shape index (κ2) is 10.3. The summed E-state index contributed by atoms with van der Waals surface area (Å²) in [5, 5.41) is 2.45. The summed E-state index contributed by atoms with van der Waals surface area (Å²) in [6.07, 6.45) is 0. The number of piperazine rings is 1. The number of benzene rings is 1. The summed E-state index contributed by atoms with van der Waals surface area (Å²) in [5.74, 6) is -0.759. The molecule has 2 rings (SSSR count). The second-order valence-corrected chi connectivity index (χ2v) is 4.80. The van der Waals surface area contributed by atoms with Gasteiger partial charge in [0.15, 0.2) is 0 Å². The van der Waals surface area contributed by atoms with E-state index in [4.69, 9.17) is 5.73 Å². The van der Waals surface area contributed by atoms with E-state index in [1.165, 1.54) is 6.07 Å². The van der Waals surface area contributed by atoms with E-state index in [0.717, 1.165) is 0 Å². The quantitative estimate of drug-likeness (QED) is 0.807. The van der Waals surface area contributed by atoms with E-state index in [1.54, 1.807) is 23.1 Å². The molecule has 1 aromatic carbocycles. The predicted octanol–water partition coefficient (Wildman–Crippen LogP) is 0.393. The van der Waals surface area contributed by atoms with Gasteiger partial charge in [-0.3, -0.25) is 9.59 Å². The van der Waals surface area contributed by atoms with E-state index in [1.807, 2.05) is 4.90 Å². The molecule has 1 fully saturated rings. The molecule has 1 aliphatic rings. The van der Waals surface area contributed by atoms with Crippen LogP contribution >= 0.6 is 24.8 Å². The van der Waals surface area contributed by atoms with Gasteiger partial charge in [0.25, 0.3) is 0 Å². The first kappa shape index (κ1) is 21.4. The number of hydrogen-bond donors (Lipinski definition) is 2. The Morgan fingerprint density at radius 3 is 2.30 bits per heavy atom. The van der Waals surface area contributed by atoms with Gasteiger partial charge in [-0.1, -0.05) is 12.1 Å². The first-order valence-electron chi connectivity index (χ1n) is 6.86. The van der Waals surface area contributed by atoms with Gasteiger partial charge in [0.1, 0.15) is 5.82 Å². The highest BCUT2D eigenvalue weighted by Gasteiger charge is 2.22.